The molecule has 5 heteroatoms. The number of anilines is 1. The van der Waals surface area contributed by atoms with Gasteiger partial charge < -0.3 is 9.73 Å². The fraction of sp³-hybridized carbons (Fsp3) is 0.0385. The first-order chi connectivity index (χ1) is 15.0. The zero-order valence-corrected chi connectivity index (χ0v) is 17.9. The Morgan fingerprint density at radius 1 is 0.871 bits per heavy atom. The van der Waals surface area contributed by atoms with Gasteiger partial charge in [-0.05, 0) is 77.2 Å². The van der Waals surface area contributed by atoms with Crippen molar-refractivity contribution in [1.82, 2.24) is 0 Å². The molecule has 0 radical (unpaired) electrons. The van der Waals surface area contributed by atoms with Gasteiger partial charge in [0.2, 0.25) is 5.91 Å². The Kier molecular flexibility index (Phi) is 5.14. The van der Waals surface area contributed by atoms with E-state index >= 15 is 0 Å². The van der Waals surface area contributed by atoms with Gasteiger partial charge in [-0.15, -0.1) is 0 Å². The van der Waals surface area contributed by atoms with E-state index in [9.17, 15) is 4.79 Å². The molecule has 5 rings (SSSR count). The van der Waals surface area contributed by atoms with Crippen molar-refractivity contribution in [3.05, 3.63) is 106 Å². The highest BCUT2D eigenvalue weighted by Gasteiger charge is 2.18. The van der Waals surface area contributed by atoms with Gasteiger partial charge >= 0.3 is 0 Å². The van der Waals surface area contributed by atoms with E-state index in [1.807, 2.05) is 18.2 Å². The van der Waals surface area contributed by atoms with Crippen molar-refractivity contribution in [1.29, 1.82) is 0 Å². The van der Waals surface area contributed by atoms with Crippen molar-refractivity contribution in [2.45, 2.75) is 6.42 Å². The van der Waals surface area contributed by atoms with Gasteiger partial charge in [0.15, 0.2) is 0 Å². The highest BCUT2D eigenvalue weighted by molar-refractivity contribution is 6.35. The summed E-state index contributed by atoms with van der Waals surface area (Å²) < 4.78 is 5.79. The van der Waals surface area contributed by atoms with Crippen molar-refractivity contribution in [2.75, 3.05) is 5.32 Å². The van der Waals surface area contributed by atoms with Crippen molar-refractivity contribution >= 4 is 40.9 Å². The van der Waals surface area contributed by atoms with Crippen LogP contribution in [0.4, 0.5) is 5.69 Å². The van der Waals surface area contributed by atoms with Crippen molar-refractivity contribution in [3.63, 3.8) is 0 Å². The van der Waals surface area contributed by atoms with Gasteiger partial charge in [0.05, 0.1) is 0 Å². The van der Waals surface area contributed by atoms with Gasteiger partial charge in [-0.2, -0.15) is 0 Å². The molecule has 3 nitrogen and oxygen atoms in total. The normalized spacial score (nSPS) is 12.1. The number of carbonyl (C=O) groups excluding carboxylic acids is 1. The van der Waals surface area contributed by atoms with Gasteiger partial charge in [-0.25, -0.2) is 0 Å². The number of hydrogen-bond acceptors (Lipinski definition) is 2. The summed E-state index contributed by atoms with van der Waals surface area (Å²) in [6.45, 7) is 0. The van der Waals surface area contributed by atoms with Crippen LogP contribution in [0.15, 0.2) is 83.3 Å². The molecule has 1 aliphatic carbocycles. The van der Waals surface area contributed by atoms with E-state index in [-0.39, 0.29) is 5.91 Å². The molecule has 0 bridgehead atoms. The summed E-state index contributed by atoms with van der Waals surface area (Å²) in [7, 11) is 0. The lowest BCUT2D eigenvalue weighted by Crippen LogP contribution is -2.07. The fourth-order valence-corrected chi connectivity index (χ4v) is 4.38. The number of furan rings is 1. The zero-order chi connectivity index (χ0) is 21.4. The van der Waals surface area contributed by atoms with Crippen LogP contribution in [-0.4, -0.2) is 5.91 Å². The molecule has 0 unspecified atom stereocenters. The predicted octanol–water partition coefficient (Wildman–Crippen LogP) is 7.48. The summed E-state index contributed by atoms with van der Waals surface area (Å²) in [4.78, 5) is 12.4. The molecule has 0 aliphatic heterocycles. The maximum Gasteiger partial charge on any atom is 0.248 e. The minimum atomic E-state index is -0.223. The molecule has 1 N–H and O–H groups in total. The van der Waals surface area contributed by atoms with E-state index in [1.54, 1.807) is 30.3 Å². The Morgan fingerprint density at radius 3 is 2.48 bits per heavy atom. The zero-order valence-electron chi connectivity index (χ0n) is 16.4. The first-order valence-corrected chi connectivity index (χ1v) is 10.6. The summed E-state index contributed by atoms with van der Waals surface area (Å²) in [5.41, 5.74) is 6.59. The second-order valence-electron chi connectivity index (χ2n) is 7.39. The van der Waals surface area contributed by atoms with E-state index in [0.717, 1.165) is 17.7 Å². The van der Waals surface area contributed by atoms with Gasteiger partial charge in [-0.1, -0.05) is 53.5 Å². The molecule has 3 aromatic carbocycles. The first kappa shape index (κ1) is 19.7. The first-order valence-electron chi connectivity index (χ1n) is 9.82. The SMILES string of the molecule is O=C(/C=C/c1ccc(-c2cc(Cl)cc(Cl)c2)o1)Nc1ccc2c(c1)Cc1ccccc1-2. The van der Waals surface area contributed by atoms with Gasteiger partial charge in [0, 0.05) is 27.4 Å². The third kappa shape index (κ3) is 4.15. The summed E-state index contributed by atoms with van der Waals surface area (Å²) in [5.74, 6) is 0.965. The topological polar surface area (TPSA) is 42.2 Å². The number of hydrogen-bond donors (Lipinski definition) is 1. The molecular weight excluding hydrogens is 429 g/mol. The van der Waals surface area contributed by atoms with E-state index in [1.165, 1.54) is 28.3 Å². The maximum atomic E-state index is 12.4. The molecule has 1 heterocycles. The quantitative estimate of drug-likeness (QED) is 0.291. The summed E-state index contributed by atoms with van der Waals surface area (Å²) in [5, 5.41) is 3.99. The highest BCUT2D eigenvalue weighted by atomic mass is 35.5. The Balaban J connectivity index is 1.27. The van der Waals surface area contributed by atoms with E-state index in [0.29, 0.717) is 21.6 Å². The molecule has 1 aliphatic rings. The molecule has 152 valence electrons. The van der Waals surface area contributed by atoms with E-state index in [4.69, 9.17) is 27.6 Å². The number of halogens is 2. The van der Waals surface area contributed by atoms with Crippen LogP contribution in [0.2, 0.25) is 10.0 Å². The summed E-state index contributed by atoms with van der Waals surface area (Å²) >= 11 is 12.1. The van der Waals surface area contributed by atoms with Crippen LogP contribution in [0.1, 0.15) is 16.9 Å². The van der Waals surface area contributed by atoms with Crippen LogP contribution in [0.5, 0.6) is 0 Å². The van der Waals surface area contributed by atoms with Crippen molar-refractivity contribution in [3.8, 4) is 22.5 Å². The average molecular weight is 446 g/mol. The number of amides is 1. The van der Waals surface area contributed by atoms with Gasteiger partial charge in [0.25, 0.3) is 0 Å². The lowest BCUT2D eigenvalue weighted by molar-refractivity contribution is -0.111. The Morgan fingerprint density at radius 2 is 1.65 bits per heavy atom. The van der Waals surface area contributed by atoms with Gasteiger partial charge in [-0.3, -0.25) is 4.79 Å². The lowest BCUT2D eigenvalue weighted by Gasteiger charge is -2.06. The Hall–Kier alpha value is -3.27. The van der Waals surface area contributed by atoms with Crippen LogP contribution >= 0.6 is 23.2 Å². The number of fused-ring (bicyclic) bond motifs is 3. The Bertz CT molecular complexity index is 1320. The molecule has 31 heavy (non-hydrogen) atoms. The van der Waals surface area contributed by atoms with Crippen molar-refractivity contribution in [2.24, 2.45) is 0 Å². The number of nitrogens with one attached hydrogen (secondary N) is 1. The molecule has 0 fully saturated rings. The van der Waals surface area contributed by atoms with Crippen LogP contribution < -0.4 is 5.32 Å². The van der Waals surface area contributed by atoms with Crippen LogP contribution in [-0.2, 0) is 11.2 Å². The van der Waals surface area contributed by atoms with Crippen molar-refractivity contribution < 1.29 is 9.21 Å². The molecule has 0 saturated heterocycles. The fourth-order valence-electron chi connectivity index (χ4n) is 3.86. The maximum absolute atomic E-state index is 12.4. The molecule has 1 amide bonds. The molecule has 4 aromatic rings. The number of carbonyl (C=O) groups is 1. The largest absolute Gasteiger partial charge is 0.457 e. The van der Waals surface area contributed by atoms with E-state index < -0.39 is 0 Å². The number of benzene rings is 3. The molecule has 0 atom stereocenters. The molecular formula is C26H17Cl2NO2. The lowest BCUT2D eigenvalue weighted by atomic mass is 10.1. The molecule has 1 aromatic heterocycles. The third-order valence-corrected chi connectivity index (χ3v) is 5.67. The Labute approximate surface area is 189 Å². The molecule has 0 saturated carbocycles. The van der Waals surface area contributed by atoms with Crippen LogP contribution in [0, 0.1) is 0 Å². The number of rotatable bonds is 4. The smallest absolute Gasteiger partial charge is 0.248 e. The highest BCUT2D eigenvalue weighted by Crippen LogP contribution is 2.37. The molecule has 0 spiro atoms. The average Bonchev–Trinajstić information content (AvgIpc) is 3.36. The second-order valence-corrected chi connectivity index (χ2v) is 8.26. The third-order valence-electron chi connectivity index (χ3n) is 5.23. The minimum Gasteiger partial charge on any atom is -0.457 e. The predicted molar refractivity (Wildman–Crippen MR) is 127 cm³/mol. The van der Waals surface area contributed by atoms with Gasteiger partial charge in [0.1, 0.15) is 11.5 Å². The minimum absolute atomic E-state index is 0.223. The summed E-state index contributed by atoms with van der Waals surface area (Å²) in [6, 6.07) is 23.2. The van der Waals surface area contributed by atoms with Crippen LogP contribution in [0.25, 0.3) is 28.5 Å². The standard InChI is InChI=1S/C26H17Cl2NO2/c27-19-12-18(13-20(28)15-19)25-9-6-22(31-25)7-10-26(30)29-21-5-8-24-17(14-21)11-16-3-1-2-4-23(16)24/h1-10,12-15H,11H2,(H,29,30)/b10-7+. The second kappa shape index (κ2) is 8.10. The van der Waals surface area contributed by atoms with E-state index in [2.05, 4.69) is 35.6 Å². The summed E-state index contributed by atoms with van der Waals surface area (Å²) in [6.07, 6.45) is 3.97. The monoisotopic (exact) mass is 445 g/mol. The van der Waals surface area contributed by atoms with Crippen LogP contribution in [0.3, 0.4) is 0 Å².